The van der Waals surface area contributed by atoms with Crippen LogP contribution in [-0.2, 0) is 35.2 Å². The summed E-state index contributed by atoms with van der Waals surface area (Å²) >= 11 is 0.584. The summed E-state index contributed by atoms with van der Waals surface area (Å²) in [6, 6.07) is -1.16. The van der Waals surface area contributed by atoms with Crippen LogP contribution in [0.25, 0.3) is 0 Å². The van der Waals surface area contributed by atoms with Gasteiger partial charge in [-0.3, -0.25) is 9.59 Å². The van der Waals surface area contributed by atoms with Gasteiger partial charge in [0.15, 0.2) is 18.1 Å². The molecule has 0 aliphatic carbocycles. The van der Waals surface area contributed by atoms with E-state index in [9.17, 15) is 24.0 Å². The minimum Gasteiger partial charge on any atom is -0.456 e. The third-order valence-corrected chi connectivity index (χ3v) is 3.91. The number of esters is 2. The molecule has 0 spiro atoms. The third-order valence-electron chi connectivity index (χ3n) is 3.06. The fourth-order valence-corrected chi connectivity index (χ4v) is 2.31. The number of ether oxygens (including phenoxy) is 3. The van der Waals surface area contributed by atoms with Gasteiger partial charge in [0.2, 0.25) is 12.7 Å². The lowest BCUT2D eigenvalue weighted by atomic mass is 10.2. The molecule has 0 radical (unpaired) electrons. The van der Waals surface area contributed by atoms with E-state index in [1.807, 2.05) is 0 Å². The van der Waals surface area contributed by atoms with E-state index in [2.05, 4.69) is 9.73 Å². The van der Waals surface area contributed by atoms with E-state index in [1.54, 1.807) is 13.8 Å². The van der Waals surface area contributed by atoms with Crippen LogP contribution in [0.15, 0.2) is 13.6 Å². The largest absolute Gasteiger partial charge is 0.519 e. The molecule has 1 rings (SSSR count). The van der Waals surface area contributed by atoms with E-state index in [4.69, 9.17) is 18.6 Å². The smallest absolute Gasteiger partial charge is 0.456 e. The number of carbonyl (C=O) groups excluding carboxylic acids is 4. The van der Waals surface area contributed by atoms with Crippen molar-refractivity contribution in [3.8, 4) is 0 Å². The summed E-state index contributed by atoms with van der Waals surface area (Å²) < 4.78 is 23.7. The Labute approximate surface area is 164 Å². The van der Waals surface area contributed by atoms with Crippen molar-refractivity contribution in [1.82, 2.24) is 5.32 Å². The second kappa shape index (κ2) is 11.2. The number of hydrogen-bond donors (Lipinski definition) is 1. The summed E-state index contributed by atoms with van der Waals surface area (Å²) in [5.41, 5.74) is 0. The Morgan fingerprint density at radius 1 is 1.07 bits per heavy atom. The average molecular weight is 419 g/mol. The Bertz CT molecular complexity index is 766. The molecule has 11 nitrogen and oxygen atoms in total. The van der Waals surface area contributed by atoms with Crippen LogP contribution in [0, 0.1) is 12.8 Å². The molecule has 1 N–H and O–H groups in total. The molecule has 0 aliphatic heterocycles. The van der Waals surface area contributed by atoms with Crippen LogP contribution in [-0.4, -0.2) is 41.7 Å². The third kappa shape index (κ3) is 8.29. The Morgan fingerprint density at radius 2 is 1.75 bits per heavy atom. The van der Waals surface area contributed by atoms with E-state index in [-0.39, 0.29) is 29.8 Å². The van der Waals surface area contributed by atoms with E-state index < -0.39 is 41.8 Å². The Balaban J connectivity index is 2.50. The first-order chi connectivity index (χ1) is 13.1. The quantitative estimate of drug-likeness (QED) is 0.452. The zero-order valence-electron chi connectivity index (χ0n) is 15.8. The van der Waals surface area contributed by atoms with E-state index in [0.29, 0.717) is 11.8 Å². The molecule has 0 saturated heterocycles. The highest BCUT2D eigenvalue weighted by Crippen LogP contribution is 2.11. The number of hydrogen-bond acceptors (Lipinski definition) is 11. The lowest BCUT2D eigenvalue weighted by molar-refractivity contribution is -0.155. The first-order valence-electron chi connectivity index (χ1n) is 8.09. The summed E-state index contributed by atoms with van der Waals surface area (Å²) in [7, 11) is 0. The van der Waals surface area contributed by atoms with Gasteiger partial charge in [-0.15, -0.1) is 0 Å². The number of carbonyl (C=O) groups is 4. The van der Waals surface area contributed by atoms with Gasteiger partial charge >= 0.3 is 23.1 Å². The van der Waals surface area contributed by atoms with Crippen molar-refractivity contribution in [3.05, 3.63) is 22.1 Å². The highest BCUT2D eigenvalue weighted by molar-refractivity contribution is 8.13. The summed E-state index contributed by atoms with van der Waals surface area (Å²) in [4.78, 5) is 57.3. The Kier molecular flexibility index (Phi) is 9.28. The van der Waals surface area contributed by atoms with E-state index in [1.165, 1.54) is 13.8 Å². The van der Waals surface area contributed by atoms with Gasteiger partial charge < -0.3 is 28.4 Å². The molecule has 156 valence electrons. The zero-order chi connectivity index (χ0) is 21.3. The Morgan fingerprint density at radius 3 is 2.29 bits per heavy atom. The topological polar surface area (TPSA) is 151 Å². The Hall–Kier alpha value is -2.76. The number of nitrogens with one attached hydrogen (secondary N) is 1. The number of amides is 1. The summed E-state index contributed by atoms with van der Waals surface area (Å²) in [5.74, 6) is -3.21. The van der Waals surface area contributed by atoms with Crippen molar-refractivity contribution in [2.45, 2.75) is 40.3 Å². The van der Waals surface area contributed by atoms with E-state index in [0.717, 1.165) is 0 Å². The lowest BCUT2D eigenvalue weighted by Crippen LogP contribution is -2.42. The van der Waals surface area contributed by atoms with Gasteiger partial charge in [0.25, 0.3) is 0 Å². The predicted molar refractivity (Wildman–Crippen MR) is 94.1 cm³/mol. The van der Waals surface area contributed by atoms with Crippen molar-refractivity contribution < 1.29 is 42.2 Å². The molecule has 1 heterocycles. The van der Waals surface area contributed by atoms with Crippen LogP contribution in [0.4, 0.5) is 4.79 Å². The molecule has 12 heteroatoms. The van der Waals surface area contributed by atoms with E-state index >= 15 is 0 Å². The maximum absolute atomic E-state index is 12.1. The monoisotopic (exact) mass is 419 g/mol. The SMILES string of the molecule is CC(=O)N[C@@H](CSC(=O)OCOC(=O)C(C)C)C(=O)OCc1oc(=O)oc1C. The second-order valence-corrected chi connectivity index (χ2v) is 6.69. The van der Waals surface area contributed by atoms with Crippen molar-refractivity contribution >= 4 is 34.9 Å². The predicted octanol–water partition coefficient (Wildman–Crippen LogP) is 1.12. The molecule has 0 fully saturated rings. The average Bonchev–Trinajstić information content (AvgIpc) is 2.93. The van der Waals surface area contributed by atoms with Crippen LogP contribution >= 0.6 is 11.8 Å². The fourth-order valence-electron chi connectivity index (χ4n) is 1.65. The summed E-state index contributed by atoms with van der Waals surface area (Å²) in [6.45, 7) is 4.95. The lowest BCUT2D eigenvalue weighted by Gasteiger charge is -2.15. The number of aryl methyl sites for hydroxylation is 1. The second-order valence-electron chi connectivity index (χ2n) is 5.74. The summed E-state index contributed by atoms with van der Waals surface area (Å²) in [5, 5.41) is 1.53. The minimum atomic E-state index is -1.16. The van der Waals surface area contributed by atoms with Gasteiger partial charge in [0.05, 0.1) is 5.92 Å². The molecule has 1 atom stereocenters. The molecular weight excluding hydrogens is 398 g/mol. The van der Waals surface area contributed by atoms with Crippen molar-refractivity contribution in [2.75, 3.05) is 12.5 Å². The molecule has 1 aromatic rings. The highest BCUT2D eigenvalue weighted by atomic mass is 32.2. The highest BCUT2D eigenvalue weighted by Gasteiger charge is 2.24. The fraction of sp³-hybridized carbons (Fsp3) is 0.562. The molecule has 28 heavy (non-hydrogen) atoms. The van der Waals surface area contributed by atoms with Gasteiger partial charge in [0, 0.05) is 12.7 Å². The van der Waals surface area contributed by atoms with Gasteiger partial charge in [-0.1, -0.05) is 13.8 Å². The maximum Gasteiger partial charge on any atom is 0.519 e. The van der Waals surface area contributed by atoms with Crippen molar-refractivity contribution in [1.29, 1.82) is 0 Å². The van der Waals surface area contributed by atoms with Crippen LogP contribution in [0.5, 0.6) is 0 Å². The molecule has 0 aromatic carbocycles. The molecule has 0 bridgehead atoms. The molecule has 1 amide bonds. The standard InChI is InChI=1S/C16H21NO10S/c1-8(2)13(19)24-7-25-16(22)28-6-11(17-10(4)18)14(20)23-5-12-9(3)26-15(21)27-12/h8,11H,5-7H2,1-4H3,(H,17,18)/t11-/m0/s1. The van der Waals surface area contributed by atoms with Gasteiger partial charge in [-0.05, 0) is 18.7 Å². The molecule has 0 aliphatic rings. The molecular formula is C16H21NO10S. The zero-order valence-corrected chi connectivity index (χ0v) is 16.6. The molecule has 1 aromatic heterocycles. The first-order valence-corrected chi connectivity index (χ1v) is 9.08. The normalized spacial score (nSPS) is 11.6. The van der Waals surface area contributed by atoms with Gasteiger partial charge in [0.1, 0.15) is 6.04 Å². The van der Waals surface area contributed by atoms with Crippen LogP contribution in [0.3, 0.4) is 0 Å². The summed E-state index contributed by atoms with van der Waals surface area (Å²) in [6.07, 6.45) is 0. The maximum atomic E-state index is 12.1. The van der Waals surface area contributed by atoms with Gasteiger partial charge in [-0.25, -0.2) is 14.4 Å². The molecule has 0 unspecified atom stereocenters. The molecule has 0 saturated carbocycles. The first kappa shape index (κ1) is 23.3. The van der Waals surface area contributed by atoms with Crippen molar-refractivity contribution in [3.63, 3.8) is 0 Å². The number of rotatable bonds is 9. The van der Waals surface area contributed by atoms with Crippen LogP contribution < -0.4 is 11.1 Å². The van der Waals surface area contributed by atoms with Crippen LogP contribution in [0.2, 0.25) is 0 Å². The number of thioether (sulfide) groups is 1. The van der Waals surface area contributed by atoms with Gasteiger partial charge in [-0.2, -0.15) is 0 Å². The van der Waals surface area contributed by atoms with Crippen molar-refractivity contribution in [2.24, 2.45) is 5.92 Å². The minimum absolute atomic E-state index is 0.0268. The van der Waals surface area contributed by atoms with Crippen LogP contribution in [0.1, 0.15) is 32.3 Å².